The number of aliphatic hydroxyl groups is 1. The van der Waals surface area contributed by atoms with Gasteiger partial charge in [0.15, 0.2) is 10.8 Å². The van der Waals surface area contributed by atoms with Crippen molar-refractivity contribution in [1.82, 2.24) is 10.3 Å². The minimum atomic E-state index is -1.29. The van der Waals surface area contributed by atoms with Crippen molar-refractivity contribution in [1.29, 1.82) is 0 Å². The minimum absolute atomic E-state index is 0.0491. The highest BCUT2D eigenvalue weighted by Crippen LogP contribution is 2.29. The summed E-state index contributed by atoms with van der Waals surface area (Å²) in [4.78, 5) is 16.6. The Hall–Kier alpha value is -2.22. The molecular formula is C18H16ClFN2O3S. The van der Waals surface area contributed by atoms with E-state index in [1.54, 1.807) is 18.4 Å². The van der Waals surface area contributed by atoms with Crippen molar-refractivity contribution in [3.8, 4) is 10.8 Å². The summed E-state index contributed by atoms with van der Waals surface area (Å²) in [6.07, 6.45) is -1.29. The van der Waals surface area contributed by atoms with E-state index in [1.807, 2.05) is 13.0 Å². The maximum atomic E-state index is 13.9. The molecule has 0 fully saturated rings. The molecule has 2 heterocycles. The number of furan rings is 1. The quantitative estimate of drug-likeness (QED) is 0.674. The number of aliphatic hydroxyl groups excluding tert-OH is 1. The van der Waals surface area contributed by atoms with Gasteiger partial charge in [0.1, 0.15) is 23.4 Å². The van der Waals surface area contributed by atoms with E-state index in [1.165, 1.54) is 29.5 Å². The molecule has 136 valence electrons. The molecule has 0 radical (unpaired) electrons. The Morgan fingerprint density at radius 3 is 2.81 bits per heavy atom. The molecule has 0 aliphatic carbocycles. The predicted molar refractivity (Wildman–Crippen MR) is 97.9 cm³/mol. The largest absolute Gasteiger partial charge is 0.459 e. The highest BCUT2D eigenvalue weighted by Gasteiger charge is 2.25. The maximum absolute atomic E-state index is 13.9. The van der Waals surface area contributed by atoms with Crippen LogP contribution in [0.1, 0.15) is 34.8 Å². The van der Waals surface area contributed by atoms with E-state index in [2.05, 4.69) is 10.3 Å². The van der Waals surface area contributed by atoms with Gasteiger partial charge in [0.2, 0.25) is 0 Å². The van der Waals surface area contributed by atoms with Crippen LogP contribution in [0.3, 0.4) is 0 Å². The van der Waals surface area contributed by atoms with Crippen LogP contribution in [0.15, 0.2) is 40.1 Å². The number of nitrogens with zero attached hydrogens (tertiary/aromatic N) is 1. The van der Waals surface area contributed by atoms with Crippen LogP contribution < -0.4 is 5.32 Å². The smallest absolute Gasteiger partial charge is 0.271 e. The monoisotopic (exact) mass is 394 g/mol. The van der Waals surface area contributed by atoms with E-state index in [9.17, 15) is 14.3 Å². The Bertz CT molecular complexity index is 920. The number of aryl methyl sites for hydroxylation is 1. The van der Waals surface area contributed by atoms with Gasteiger partial charge in [0.25, 0.3) is 5.91 Å². The van der Waals surface area contributed by atoms with Crippen LogP contribution in [0.2, 0.25) is 5.02 Å². The first-order chi connectivity index (χ1) is 12.4. The fourth-order valence-corrected chi connectivity index (χ4v) is 3.48. The zero-order valence-corrected chi connectivity index (χ0v) is 15.6. The van der Waals surface area contributed by atoms with Crippen molar-refractivity contribution in [3.63, 3.8) is 0 Å². The second kappa shape index (κ2) is 7.57. The Labute approximate surface area is 158 Å². The van der Waals surface area contributed by atoms with E-state index in [4.69, 9.17) is 16.0 Å². The number of carbonyl (C=O) groups excluding carboxylic acids is 1. The Kier molecular flexibility index (Phi) is 5.41. The topological polar surface area (TPSA) is 75.4 Å². The van der Waals surface area contributed by atoms with E-state index in [-0.39, 0.29) is 16.3 Å². The van der Waals surface area contributed by atoms with Gasteiger partial charge in [0.05, 0.1) is 6.04 Å². The Morgan fingerprint density at radius 1 is 1.38 bits per heavy atom. The second-order valence-corrected chi connectivity index (χ2v) is 7.06. The lowest BCUT2D eigenvalue weighted by atomic mass is 10.0. The summed E-state index contributed by atoms with van der Waals surface area (Å²) in [5, 5.41) is 15.3. The molecule has 2 aromatic heterocycles. The SMILES string of the molecule is Cc1ccc(-c2nc(C(=O)N[C@H](C)[C@@H](O)c3c(F)cccc3Cl)cs2)o1. The summed E-state index contributed by atoms with van der Waals surface area (Å²) < 4.78 is 19.4. The number of halogens is 2. The van der Waals surface area contributed by atoms with Crippen LogP contribution in [0.5, 0.6) is 0 Å². The molecule has 26 heavy (non-hydrogen) atoms. The van der Waals surface area contributed by atoms with Crippen LogP contribution in [-0.4, -0.2) is 22.0 Å². The van der Waals surface area contributed by atoms with Crippen LogP contribution >= 0.6 is 22.9 Å². The summed E-state index contributed by atoms with van der Waals surface area (Å²) in [6, 6.07) is 6.96. The molecule has 2 atom stereocenters. The molecule has 0 saturated heterocycles. The van der Waals surface area contributed by atoms with Crippen molar-refractivity contribution >= 4 is 28.8 Å². The van der Waals surface area contributed by atoms with E-state index >= 15 is 0 Å². The molecule has 0 bridgehead atoms. The molecule has 3 rings (SSSR count). The lowest BCUT2D eigenvalue weighted by molar-refractivity contribution is 0.0842. The molecule has 8 heteroatoms. The highest BCUT2D eigenvalue weighted by molar-refractivity contribution is 7.13. The van der Waals surface area contributed by atoms with Crippen LogP contribution in [0, 0.1) is 12.7 Å². The van der Waals surface area contributed by atoms with Gasteiger partial charge in [-0.1, -0.05) is 17.7 Å². The normalized spacial score (nSPS) is 13.4. The van der Waals surface area contributed by atoms with E-state index in [0.29, 0.717) is 10.8 Å². The van der Waals surface area contributed by atoms with Gasteiger partial charge in [0, 0.05) is 16.0 Å². The lowest BCUT2D eigenvalue weighted by Gasteiger charge is -2.21. The standard InChI is InChI=1S/C18H16ClFN2O3S/c1-9-6-7-14(25-9)18-22-13(8-26-18)17(24)21-10(2)16(23)15-11(19)4-3-5-12(15)20/h3-8,10,16,23H,1-2H3,(H,21,24)/t10-,16-/m1/s1. The van der Waals surface area contributed by atoms with Crippen molar-refractivity contribution in [2.75, 3.05) is 0 Å². The molecule has 3 aromatic rings. The first-order valence-electron chi connectivity index (χ1n) is 7.82. The lowest BCUT2D eigenvalue weighted by Crippen LogP contribution is -2.37. The summed E-state index contributed by atoms with van der Waals surface area (Å²) >= 11 is 7.23. The van der Waals surface area contributed by atoms with Gasteiger partial charge in [-0.25, -0.2) is 9.37 Å². The third kappa shape index (κ3) is 3.80. The average molecular weight is 395 g/mol. The zero-order valence-electron chi connectivity index (χ0n) is 14.0. The van der Waals surface area contributed by atoms with Crippen molar-refractivity contribution in [2.24, 2.45) is 0 Å². The van der Waals surface area contributed by atoms with Gasteiger partial charge in [-0.15, -0.1) is 11.3 Å². The third-order valence-corrected chi connectivity index (χ3v) is 5.00. The summed E-state index contributed by atoms with van der Waals surface area (Å²) in [6.45, 7) is 3.39. The van der Waals surface area contributed by atoms with Crippen LogP contribution in [0.25, 0.3) is 10.8 Å². The van der Waals surface area contributed by atoms with Gasteiger partial charge < -0.3 is 14.8 Å². The average Bonchev–Trinajstić information content (AvgIpc) is 3.23. The van der Waals surface area contributed by atoms with E-state index in [0.717, 1.165) is 5.76 Å². The van der Waals surface area contributed by atoms with Crippen molar-refractivity contribution < 1.29 is 18.7 Å². The number of amides is 1. The predicted octanol–water partition coefficient (Wildman–Crippen LogP) is 4.36. The molecule has 2 N–H and O–H groups in total. The number of benzene rings is 1. The fraction of sp³-hybridized carbons (Fsp3) is 0.222. The fourth-order valence-electron chi connectivity index (χ4n) is 2.44. The zero-order chi connectivity index (χ0) is 18.8. The first-order valence-corrected chi connectivity index (χ1v) is 9.07. The number of hydrogen-bond acceptors (Lipinski definition) is 5. The summed E-state index contributed by atoms with van der Waals surface area (Å²) in [5.41, 5.74) is 0.143. The number of aromatic nitrogens is 1. The Morgan fingerprint density at radius 2 is 2.15 bits per heavy atom. The highest BCUT2D eigenvalue weighted by atomic mass is 35.5. The van der Waals surface area contributed by atoms with Crippen LogP contribution in [-0.2, 0) is 0 Å². The number of hydrogen-bond donors (Lipinski definition) is 2. The van der Waals surface area contributed by atoms with Gasteiger partial charge in [-0.2, -0.15) is 0 Å². The molecule has 0 aliphatic heterocycles. The molecule has 5 nitrogen and oxygen atoms in total. The van der Waals surface area contributed by atoms with Crippen LogP contribution in [0.4, 0.5) is 4.39 Å². The van der Waals surface area contributed by atoms with Gasteiger partial charge in [-0.05, 0) is 38.1 Å². The molecule has 0 spiro atoms. The first kappa shape index (κ1) is 18.6. The minimum Gasteiger partial charge on any atom is -0.459 e. The van der Waals surface area contributed by atoms with Crippen molar-refractivity contribution in [2.45, 2.75) is 26.0 Å². The number of rotatable bonds is 5. The molecular weight excluding hydrogens is 379 g/mol. The number of thiazole rings is 1. The molecule has 1 aromatic carbocycles. The van der Waals surface area contributed by atoms with Crippen molar-refractivity contribution in [3.05, 3.63) is 63.6 Å². The maximum Gasteiger partial charge on any atom is 0.271 e. The third-order valence-electron chi connectivity index (χ3n) is 3.82. The number of nitrogens with one attached hydrogen (secondary N) is 1. The molecule has 0 saturated carbocycles. The number of carbonyl (C=O) groups is 1. The molecule has 1 amide bonds. The molecule has 0 unspecified atom stereocenters. The Balaban J connectivity index is 1.72. The van der Waals surface area contributed by atoms with E-state index < -0.39 is 23.9 Å². The second-order valence-electron chi connectivity index (χ2n) is 5.79. The molecule has 0 aliphatic rings. The van der Waals surface area contributed by atoms with Gasteiger partial charge >= 0.3 is 0 Å². The summed E-state index contributed by atoms with van der Waals surface area (Å²) in [7, 11) is 0. The summed E-state index contributed by atoms with van der Waals surface area (Å²) in [5.74, 6) is 0.225. The van der Waals surface area contributed by atoms with Gasteiger partial charge in [-0.3, -0.25) is 4.79 Å².